The lowest BCUT2D eigenvalue weighted by atomic mass is 9.89. The molecule has 1 aliphatic rings. The summed E-state index contributed by atoms with van der Waals surface area (Å²) in [4.78, 5) is 15.5. The average molecular weight is 223 g/mol. The van der Waals surface area contributed by atoms with E-state index in [4.69, 9.17) is 5.11 Å². The fraction of sp³-hybridized carbons (Fsp3) is 0.636. The molecule has 0 fully saturated rings. The molecule has 1 aromatic heterocycles. The van der Waals surface area contributed by atoms with Crippen molar-refractivity contribution in [2.24, 2.45) is 0 Å². The van der Waals surface area contributed by atoms with E-state index in [1.807, 2.05) is 25.3 Å². The number of imidazole rings is 1. The van der Waals surface area contributed by atoms with Crippen LogP contribution in [0.1, 0.15) is 32.2 Å². The van der Waals surface area contributed by atoms with Crippen LogP contribution in [0.4, 0.5) is 0 Å². The predicted octanol–water partition coefficient (Wildman–Crippen LogP) is 0.737. The average Bonchev–Trinajstić information content (AvgIpc) is 2.60. The molecule has 0 aromatic carbocycles. The van der Waals surface area contributed by atoms with Crippen molar-refractivity contribution in [3.05, 3.63) is 17.7 Å². The van der Waals surface area contributed by atoms with Crippen molar-refractivity contribution in [3.63, 3.8) is 0 Å². The Morgan fingerprint density at radius 2 is 2.44 bits per heavy atom. The van der Waals surface area contributed by atoms with E-state index in [0.29, 0.717) is 6.42 Å². The first-order chi connectivity index (χ1) is 7.45. The van der Waals surface area contributed by atoms with Gasteiger partial charge < -0.3 is 9.67 Å². The SMILES string of the molecule is CCn1cnc2c1CC(C(=O)O)NC2(C)C. The van der Waals surface area contributed by atoms with Gasteiger partial charge in [0.15, 0.2) is 0 Å². The van der Waals surface area contributed by atoms with Crippen LogP contribution in [-0.2, 0) is 23.3 Å². The number of aliphatic carboxylic acids is 1. The summed E-state index contributed by atoms with van der Waals surface area (Å²) < 4.78 is 2.02. The largest absolute Gasteiger partial charge is 0.480 e. The first-order valence-corrected chi connectivity index (χ1v) is 5.50. The zero-order valence-corrected chi connectivity index (χ0v) is 9.82. The van der Waals surface area contributed by atoms with Crippen molar-refractivity contribution in [1.29, 1.82) is 0 Å². The second-order valence-corrected chi connectivity index (χ2v) is 4.69. The number of nitrogens with one attached hydrogen (secondary N) is 1. The summed E-state index contributed by atoms with van der Waals surface area (Å²) in [6.07, 6.45) is 2.29. The molecule has 1 aromatic rings. The zero-order valence-electron chi connectivity index (χ0n) is 9.82. The molecule has 1 atom stereocenters. The fourth-order valence-corrected chi connectivity index (χ4v) is 2.31. The number of carbonyl (C=O) groups is 1. The molecular weight excluding hydrogens is 206 g/mol. The summed E-state index contributed by atoms with van der Waals surface area (Å²) in [5.41, 5.74) is 1.63. The van der Waals surface area contributed by atoms with E-state index in [2.05, 4.69) is 10.3 Å². The molecular formula is C11H17N3O2. The van der Waals surface area contributed by atoms with Gasteiger partial charge in [0.2, 0.25) is 0 Å². The molecule has 0 spiro atoms. The Morgan fingerprint density at radius 1 is 1.75 bits per heavy atom. The summed E-state index contributed by atoms with van der Waals surface area (Å²) in [6, 6.07) is -0.524. The van der Waals surface area contributed by atoms with Gasteiger partial charge in [-0.15, -0.1) is 0 Å². The number of carboxylic acids is 1. The first kappa shape index (κ1) is 11.1. The highest BCUT2D eigenvalue weighted by Crippen LogP contribution is 2.28. The normalized spacial score (nSPS) is 22.8. The van der Waals surface area contributed by atoms with Gasteiger partial charge >= 0.3 is 5.97 Å². The lowest BCUT2D eigenvalue weighted by Crippen LogP contribution is -2.53. The highest BCUT2D eigenvalue weighted by Gasteiger charge is 2.38. The Balaban J connectivity index is 2.45. The van der Waals surface area contributed by atoms with Crippen LogP contribution in [0.25, 0.3) is 0 Å². The molecule has 0 radical (unpaired) electrons. The van der Waals surface area contributed by atoms with Crippen LogP contribution in [0, 0.1) is 0 Å². The summed E-state index contributed by atoms with van der Waals surface area (Å²) in [7, 11) is 0. The van der Waals surface area contributed by atoms with Crippen LogP contribution in [0.15, 0.2) is 6.33 Å². The van der Waals surface area contributed by atoms with E-state index in [1.165, 1.54) is 0 Å². The summed E-state index contributed by atoms with van der Waals surface area (Å²) >= 11 is 0. The van der Waals surface area contributed by atoms with Crippen molar-refractivity contribution >= 4 is 5.97 Å². The van der Waals surface area contributed by atoms with Crippen LogP contribution < -0.4 is 5.32 Å². The predicted molar refractivity (Wildman–Crippen MR) is 59.2 cm³/mol. The third-order valence-electron chi connectivity index (χ3n) is 3.11. The van der Waals surface area contributed by atoms with Crippen LogP contribution in [-0.4, -0.2) is 26.7 Å². The molecule has 0 amide bonds. The van der Waals surface area contributed by atoms with Gasteiger partial charge in [0.1, 0.15) is 6.04 Å². The van der Waals surface area contributed by atoms with E-state index in [9.17, 15) is 4.79 Å². The Bertz CT molecular complexity index is 423. The lowest BCUT2D eigenvalue weighted by molar-refractivity contribution is -0.140. The van der Waals surface area contributed by atoms with Crippen LogP contribution in [0.5, 0.6) is 0 Å². The molecule has 2 rings (SSSR count). The third-order valence-corrected chi connectivity index (χ3v) is 3.11. The minimum Gasteiger partial charge on any atom is -0.480 e. The summed E-state index contributed by atoms with van der Waals surface area (Å²) in [5, 5.41) is 12.2. The smallest absolute Gasteiger partial charge is 0.321 e. The molecule has 88 valence electrons. The van der Waals surface area contributed by atoms with Crippen molar-refractivity contribution in [1.82, 2.24) is 14.9 Å². The van der Waals surface area contributed by atoms with Gasteiger partial charge in [-0.3, -0.25) is 10.1 Å². The number of fused-ring (bicyclic) bond motifs is 1. The zero-order chi connectivity index (χ0) is 11.9. The third kappa shape index (κ3) is 1.61. The standard InChI is InChI=1S/C11H17N3O2/c1-4-14-6-12-9-8(14)5-7(10(15)16)13-11(9,2)3/h6-7,13H,4-5H2,1-3H3,(H,15,16). The topological polar surface area (TPSA) is 67.2 Å². The van der Waals surface area contributed by atoms with E-state index >= 15 is 0 Å². The molecule has 2 N–H and O–H groups in total. The van der Waals surface area contributed by atoms with Crippen LogP contribution >= 0.6 is 0 Å². The number of hydrogen-bond donors (Lipinski definition) is 2. The Morgan fingerprint density at radius 3 is 3.00 bits per heavy atom. The maximum atomic E-state index is 11.1. The Kier molecular flexibility index (Phi) is 2.50. The molecule has 0 saturated heterocycles. The molecule has 5 heteroatoms. The molecule has 16 heavy (non-hydrogen) atoms. The number of rotatable bonds is 2. The number of aromatic nitrogens is 2. The van der Waals surface area contributed by atoms with Gasteiger partial charge in [0.25, 0.3) is 0 Å². The summed E-state index contributed by atoms with van der Waals surface area (Å²) in [6.45, 7) is 6.79. The minimum absolute atomic E-state index is 0.378. The highest BCUT2D eigenvalue weighted by molar-refractivity contribution is 5.74. The molecule has 0 bridgehead atoms. The van der Waals surface area contributed by atoms with E-state index in [1.54, 1.807) is 6.33 Å². The number of aryl methyl sites for hydroxylation is 1. The summed E-state index contributed by atoms with van der Waals surface area (Å²) in [5.74, 6) is -0.803. The molecule has 1 aliphatic heterocycles. The number of hydrogen-bond acceptors (Lipinski definition) is 3. The maximum absolute atomic E-state index is 11.1. The monoisotopic (exact) mass is 223 g/mol. The van der Waals surface area contributed by atoms with Crippen molar-refractivity contribution in [2.45, 2.75) is 45.3 Å². The Labute approximate surface area is 94.5 Å². The number of carboxylic acid groups (broad SMARTS) is 1. The van der Waals surface area contributed by atoms with Crippen molar-refractivity contribution in [2.75, 3.05) is 0 Å². The molecule has 2 heterocycles. The van der Waals surface area contributed by atoms with Gasteiger partial charge in [-0.2, -0.15) is 0 Å². The molecule has 0 aliphatic carbocycles. The van der Waals surface area contributed by atoms with Gasteiger partial charge in [-0.1, -0.05) is 0 Å². The maximum Gasteiger partial charge on any atom is 0.321 e. The first-order valence-electron chi connectivity index (χ1n) is 5.50. The molecule has 0 saturated carbocycles. The molecule has 5 nitrogen and oxygen atoms in total. The van der Waals surface area contributed by atoms with Gasteiger partial charge in [0, 0.05) is 18.7 Å². The van der Waals surface area contributed by atoms with Crippen LogP contribution in [0.2, 0.25) is 0 Å². The Hall–Kier alpha value is -1.36. The quantitative estimate of drug-likeness (QED) is 0.776. The second kappa shape index (κ2) is 3.59. The lowest BCUT2D eigenvalue weighted by Gasteiger charge is -2.34. The van der Waals surface area contributed by atoms with Crippen molar-refractivity contribution in [3.8, 4) is 0 Å². The van der Waals surface area contributed by atoms with Gasteiger partial charge in [0.05, 0.1) is 17.6 Å². The number of nitrogens with zero attached hydrogens (tertiary/aromatic N) is 2. The van der Waals surface area contributed by atoms with Gasteiger partial charge in [-0.05, 0) is 20.8 Å². The van der Waals surface area contributed by atoms with Crippen LogP contribution in [0.3, 0.4) is 0 Å². The highest BCUT2D eigenvalue weighted by atomic mass is 16.4. The minimum atomic E-state index is -0.803. The molecule has 1 unspecified atom stereocenters. The van der Waals surface area contributed by atoms with E-state index in [0.717, 1.165) is 17.9 Å². The van der Waals surface area contributed by atoms with Crippen molar-refractivity contribution < 1.29 is 9.90 Å². The second-order valence-electron chi connectivity index (χ2n) is 4.69. The van der Waals surface area contributed by atoms with E-state index < -0.39 is 12.0 Å². The fourth-order valence-electron chi connectivity index (χ4n) is 2.31. The van der Waals surface area contributed by atoms with Gasteiger partial charge in [-0.25, -0.2) is 4.98 Å². The van der Waals surface area contributed by atoms with E-state index in [-0.39, 0.29) is 5.54 Å².